The van der Waals surface area contributed by atoms with Crippen LogP contribution in [0.4, 0.5) is 0 Å². The number of hydrogen-bond acceptors (Lipinski definition) is 3. The van der Waals surface area contributed by atoms with Crippen LogP contribution in [0, 0.1) is 19.8 Å². The predicted molar refractivity (Wildman–Crippen MR) is 73.0 cm³/mol. The summed E-state index contributed by atoms with van der Waals surface area (Å²) >= 11 is 3.63. The normalized spacial score (nSPS) is 23.9. The SMILES string of the molecule is Cc1nc(C)c(C(=O)NCC2CCC(Br)CC2)o1. The summed E-state index contributed by atoms with van der Waals surface area (Å²) in [4.78, 5) is 16.7. The summed E-state index contributed by atoms with van der Waals surface area (Å²) < 4.78 is 5.30. The number of nitrogens with zero attached hydrogens (tertiary/aromatic N) is 1. The third-order valence-corrected chi connectivity index (χ3v) is 4.35. The van der Waals surface area contributed by atoms with Gasteiger partial charge in [-0.1, -0.05) is 15.9 Å². The van der Waals surface area contributed by atoms with Crippen LogP contribution in [0.2, 0.25) is 0 Å². The van der Waals surface area contributed by atoms with Crippen LogP contribution in [0.25, 0.3) is 0 Å². The minimum Gasteiger partial charge on any atom is -0.436 e. The predicted octanol–water partition coefficient (Wildman–Crippen LogP) is 2.97. The molecule has 1 saturated carbocycles. The molecule has 18 heavy (non-hydrogen) atoms. The second-order valence-electron chi connectivity index (χ2n) is 4.98. The zero-order valence-corrected chi connectivity index (χ0v) is 12.4. The van der Waals surface area contributed by atoms with Crippen LogP contribution in [0.3, 0.4) is 0 Å². The molecule has 4 nitrogen and oxygen atoms in total. The summed E-state index contributed by atoms with van der Waals surface area (Å²) in [6.45, 7) is 4.28. The van der Waals surface area contributed by atoms with E-state index >= 15 is 0 Å². The molecule has 0 saturated heterocycles. The molecule has 0 bridgehead atoms. The monoisotopic (exact) mass is 314 g/mol. The fourth-order valence-electron chi connectivity index (χ4n) is 2.39. The van der Waals surface area contributed by atoms with Gasteiger partial charge in [0.15, 0.2) is 5.89 Å². The van der Waals surface area contributed by atoms with E-state index in [0.29, 0.717) is 28.1 Å². The topological polar surface area (TPSA) is 55.1 Å². The first-order chi connectivity index (χ1) is 8.56. The lowest BCUT2D eigenvalue weighted by atomic mass is 9.89. The maximum absolute atomic E-state index is 11.9. The van der Waals surface area contributed by atoms with Gasteiger partial charge in [-0.05, 0) is 38.5 Å². The molecule has 1 fully saturated rings. The van der Waals surface area contributed by atoms with Crippen LogP contribution in [0.15, 0.2) is 4.42 Å². The van der Waals surface area contributed by atoms with Crippen molar-refractivity contribution in [3.8, 4) is 0 Å². The van der Waals surface area contributed by atoms with E-state index in [0.717, 1.165) is 6.54 Å². The number of nitrogens with one attached hydrogen (secondary N) is 1. The van der Waals surface area contributed by atoms with Gasteiger partial charge in [0.1, 0.15) is 0 Å². The highest BCUT2D eigenvalue weighted by molar-refractivity contribution is 9.09. The lowest BCUT2D eigenvalue weighted by Crippen LogP contribution is -2.31. The highest BCUT2D eigenvalue weighted by Crippen LogP contribution is 2.28. The minimum absolute atomic E-state index is 0.144. The van der Waals surface area contributed by atoms with Crippen molar-refractivity contribution in [2.24, 2.45) is 5.92 Å². The Balaban J connectivity index is 1.83. The smallest absolute Gasteiger partial charge is 0.289 e. The second-order valence-corrected chi connectivity index (χ2v) is 6.27. The minimum atomic E-state index is -0.144. The highest BCUT2D eigenvalue weighted by atomic mass is 79.9. The van der Waals surface area contributed by atoms with Gasteiger partial charge >= 0.3 is 0 Å². The standard InChI is InChI=1S/C13H19BrN2O2/c1-8-12(18-9(2)16-8)13(17)15-7-10-3-5-11(14)6-4-10/h10-11H,3-7H2,1-2H3,(H,15,17). The third kappa shape index (κ3) is 3.34. The summed E-state index contributed by atoms with van der Waals surface area (Å²) in [5, 5.41) is 2.95. The maximum Gasteiger partial charge on any atom is 0.289 e. The van der Waals surface area contributed by atoms with E-state index in [2.05, 4.69) is 26.2 Å². The Morgan fingerprint density at radius 3 is 2.61 bits per heavy atom. The van der Waals surface area contributed by atoms with Crippen molar-refractivity contribution in [3.63, 3.8) is 0 Å². The van der Waals surface area contributed by atoms with E-state index in [4.69, 9.17) is 4.42 Å². The first kappa shape index (κ1) is 13.6. The molecule has 2 rings (SSSR count). The molecule has 1 N–H and O–H groups in total. The van der Waals surface area contributed by atoms with Gasteiger partial charge in [0.25, 0.3) is 5.91 Å². The van der Waals surface area contributed by atoms with Crippen molar-refractivity contribution in [1.29, 1.82) is 0 Å². The van der Waals surface area contributed by atoms with Gasteiger partial charge in [-0.15, -0.1) is 0 Å². The molecular formula is C13H19BrN2O2. The molecule has 0 aliphatic heterocycles. The number of amides is 1. The van der Waals surface area contributed by atoms with E-state index < -0.39 is 0 Å². The number of carbonyl (C=O) groups is 1. The van der Waals surface area contributed by atoms with Gasteiger partial charge in [0.2, 0.25) is 5.76 Å². The molecule has 1 aliphatic rings. The summed E-state index contributed by atoms with van der Waals surface area (Å²) in [7, 11) is 0. The first-order valence-corrected chi connectivity index (χ1v) is 7.34. The highest BCUT2D eigenvalue weighted by Gasteiger charge is 2.21. The Bertz CT molecular complexity index is 423. The zero-order valence-electron chi connectivity index (χ0n) is 10.8. The number of rotatable bonds is 3. The molecule has 0 atom stereocenters. The van der Waals surface area contributed by atoms with Crippen molar-refractivity contribution >= 4 is 21.8 Å². The quantitative estimate of drug-likeness (QED) is 0.873. The van der Waals surface area contributed by atoms with Gasteiger partial charge in [-0.2, -0.15) is 0 Å². The van der Waals surface area contributed by atoms with Gasteiger partial charge in [0.05, 0.1) is 5.69 Å². The maximum atomic E-state index is 11.9. The average Bonchev–Trinajstić information content (AvgIpc) is 2.67. The summed E-state index contributed by atoms with van der Waals surface area (Å²) in [5.41, 5.74) is 0.661. The van der Waals surface area contributed by atoms with Crippen LogP contribution < -0.4 is 5.32 Å². The fourth-order valence-corrected chi connectivity index (χ4v) is 2.91. The van der Waals surface area contributed by atoms with Crippen LogP contribution in [-0.4, -0.2) is 22.3 Å². The Labute approximate surface area is 116 Å². The molecule has 0 unspecified atom stereocenters. The molecule has 100 valence electrons. The van der Waals surface area contributed by atoms with Crippen molar-refractivity contribution in [2.45, 2.75) is 44.4 Å². The van der Waals surface area contributed by atoms with Gasteiger partial charge in [-0.3, -0.25) is 4.79 Å². The number of halogens is 1. The van der Waals surface area contributed by atoms with Crippen molar-refractivity contribution < 1.29 is 9.21 Å². The van der Waals surface area contributed by atoms with Crippen LogP contribution in [-0.2, 0) is 0 Å². The molecule has 1 amide bonds. The zero-order chi connectivity index (χ0) is 13.1. The van der Waals surface area contributed by atoms with E-state index in [1.807, 2.05) is 0 Å². The van der Waals surface area contributed by atoms with E-state index in [-0.39, 0.29) is 5.91 Å². The van der Waals surface area contributed by atoms with Gasteiger partial charge in [0, 0.05) is 18.3 Å². The Hall–Kier alpha value is -0.840. The molecule has 1 aromatic rings. The van der Waals surface area contributed by atoms with Gasteiger partial charge in [-0.25, -0.2) is 4.98 Å². The Morgan fingerprint density at radius 1 is 1.39 bits per heavy atom. The number of oxazole rings is 1. The second kappa shape index (κ2) is 5.87. The molecule has 5 heteroatoms. The van der Waals surface area contributed by atoms with Crippen LogP contribution in [0.5, 0.6) is 0 Å². The Morgan fingerprint density at radius 2 is 2.06 bits per heavy atom. The molecule has 0 aromatic carbocycles. The van der Waals surface area contributed by atoms with Crippen LogP contribution in [0.1, 0.15) is 47.8 Å². The molecule has 1 aliphatic carbocycles. The first-order valence-electron chi connectivity index (χ1n) is 6.42. The number of aryl methyl sites for hydroxylation is 2. The summed E-state index contributed by atoms with van der Waals surface area (Å²) in [6.07, 6.45) is 4.73. The largest absolute Gasteiger partial charge is 0.436 e. The van der Waals surface area contributed by atoms with Crippen molar-refractivity contribution in [2.75, 3.05) is 6.54 Å². The molecule has 0 spiro atoms. The number of hydrogen-bond donors (Lipinski definition) is 1. The molecule has 1 aromatic heterocycles. The van der Waals surface area contributed by atoms with Gasteiger partial charge < -0.3 is 9.73 Å². The third-order valence-electron chi connectivity index (χ3n) is 3.44. The number of alkyl halides is 1. The van der Waals surface area contributed by atoms with E-state index in [1.54, 1.807) is 13.8 Å². The van der Waals surface area contributed by atoms with Crippen molar-refractivity contribution in [3.05, 3.63) is 17.3 Å². The molecule has 0 radical (unpaired) electrons. The van der Waals surface area contributed by atoms with E-state index in [9.17, 15) is 4.79 Å². The Kier molecular flexibility index (Phi) is 4.43. The number of carbonyl (C=O) groups excluding carboxylic acids is 1. The lowest BCUT2D eigenvalue weighted by molar-refractivity contribution is 0.0914. The average molecular weight is 315 g/mol. The van der Waals surface area contributed by atoms with Crippen molar-refractivity contribution in [1.82, 2.24) is 10.3 Å². The summed E-state index contributed by atoms with van der Waals surface area (Å²) in [6, 6.07) is 0. The lowest BCUT2D eigenvalue weighted by Gasteiger charge is -2.25. The fraction of sp³-hybridized carbons (Fsp3) is 0.692. The molecular weight excluding hydrogens is 296 g/mol. The summed E-state index contributed by atoms with van der Waals surface area (Å²) in [5.74, 6) is 1.33. The van der Waals surface area contributed by atoms with Crippen LogP contribution >= 0.6 is 15.9 Å². The molecule has 1 heterocycles. The van der Waals surface area contributed by atoms with E-state index in [1.165, 1.54) is 25.7 Å². The number of aromatic nitrogens is 1.